The van der Waals surface area contributed by atoms with E-state index in [1.54, 1.807) is 0 Å². The van der Waals surface area contributed by atoms with Crippen LogP contribution in [0.25, 0.3) is 0 Å². The zero-order chi connectivity index (χ0) is 13.7. The van der Waals surface area contributed by atoms with Crippen molar-refractivity contribution in [3.05, 3.63) is 0 Å². The summed E-state index contributed by atoms with van der Waals surface area (Å²) in [6.45, 7) is 1.01. The normalized spacial score (nSPS) is 23.8. The lowest BCUT2D eigenvalue weighted by Crippen LogP contribution is -2.47. The van der Waals surface area contributed by atoms with Crippen molar-refractivity contribution in [2.75, 3.05) is 13.1 Å². The van der Waals surface area contributed by atoms with Crippen LogP contribution in [-0.4, -0.2) is 58.3 Å². The smallest absolute Gasteiger partial charge is 0.320 e. The first-order chi connectivity index (χ1) is 8.47. The number of aliphatic carboxylic acids is 2. The minimum absolute atomic E-state index is 0.112. The average Bonchev–Trinajstić information content (AvgIpc) is 2.78. The van der Waals surface area contributed by atoms with Crippen molar-refractivity contribution in [1.29, 1.82) is 0 Å². The Morgan fingerprint density at radius 2 is 2.00 bits per heavy atom. The van der Waals surface area contributed by atoms with Crippen LogP contribution in [0.15, 0.2) is 0 Å². The fourth-order valence-corrected chi connectivity index (χ4v) is 2.41. The van der Waals surface area contributed by atoms with Crippen molar-refractivity contribution in [1.82, 2.24) is 4.90 Å². The van der Waals surface area contributed by atoms with Gasteiger partial charge < -0.3 is 21.7 Å². The van der Waals surface area contributed by atoms with Crippen LogP contribution in [0.1, 0.15) is 25.7 Å². The Labute approximate surface area is 106 Å². The molecule has 1 rings (SSSR count). The molecule has 3 atom stereocenters. The lowest BCUT2D eigenvalue weighted by molar-refractivity contribution is -0.143. The molecule has 18 heavy (non-hydrogen) atoms. The number of carboxylic acid groups (broad SMARTS) is 2. The van der Waals surface area contributed by atoms with E-state index in [0.29, 0.717) is 32.4 Å². The Bertz CT molecular complexity index is 311. The molecule has 7 nitrogen and oxygen atoms in total. The minimum atomic E-state index is -1.04. The van der Waals surface area contributed by atoms with Gasteiger partial charge in [-0.15, -0.1) is 0 Å². The third-order valence-corrected chi connectivity index (χ3v) is 3.45. The van der Waals surface area contributed by atoms with Crippen LogP contribution in [0.2, 0.25) is 0 Å². The maximum absolute atomic E-state index is 11.1. The van der Waals surface area contributed by atoms with Crippen molar-refractivity contribution < 1.29 is 19.8 Å². The molecular formula is C11H21N3O4. The summed E-state index contributed by atoms with van der Waals surface area (Å²) in [7, 11) is 0. The predicted molar refractivity (Wildman–Crippen MR) is 65.1 cm³/mol. The highest BCUT2D eigenvalue weighted by molar-refractivity contribution is 5.74. The summed E-state index contributed by atoms with van der Waals surface area (Å²) in [5.41, 5.74) is 11.1. The second kappa shape index (κ2) is 6.67. The van der Waals surface area contributed by atoms with Crippen molar-refractivity contribution in [3.8, 4) is 0 Å². The Balaban J connectivity index is 2.54. The molecule has 6 N–H and O–H groups in total. The molecule has 0 aromatic heterocycles. The number of hydrogen-bond donors (Lipinski definition) is 4. The number of nitrogens with zero attached hydrogens (tertiary/aromatic N) is 1. The molecule has 0 spiro atoms. The zero-order valence-corrected chi connectivity index (χ0v) is 10.3. The zero-order valence-electron chi connectivity index (χ0n) is 10.3. The number of rotatable bonds is 7. The second-order valence-electron chi connectivity index (χ2n) is 4.65. The van der Waals surface area contributed by atoms with Gasteiger partial charge in [-0.25, -0.2) is 0 Å². The summed E-state index contributed by atoms with van der Waals surface area (Å²) in [6.07, 6.45) is 2.27. The quantitative estimate of drug-likeness (QED) is 0.464. The fraction of sp³-hybridized carbons (Fsp3) is 0.818. The van der Waals surface area contributed by atoms with Gasteiger partial charge in [0.1, 0.15) is 12.1 Å². The summed E-state index contributed by atoms with van der Waals surface area (Å²) in [5.74, 6) is -1.88. The van der Waals surface area contributed by atoms with E-state index in [1.165, 1.54) is 0 Å². The molecule has 0 amide bonds. The lowest BCUT2D eigenvalue weighted by Gasteiger charge is -2.30. The van der Waals surface area contributed by atoms with Crippen LogP contribution in [0.5, 0.6) is 0 Å². The van der Waals surface area contributed by atoms with Gasteiger partial charge in [0.15, 0.2) is 0 Å². The Morgan fingerprint density at radius 1 is 1.33 bits per heavy atom. The third kappa shape index (κ3) is 3.66. The molecule has 0 bridgehead atoms. The van der Waals surface area contributed by atoms with Gasteiger partial charge in [0.25, 0.3) is 0 Å². The van der Waals surface area contributed by atoms with Gasteiger partial charge in [-0.3, -0.25) is 14.5 Å². The highest BCUT2D eigenvalue weighted by Gasteiger charge is 2.34. The molecule has 1 saturated heterocycles. The van der Waals surface area contributed by atoms with E-state index < -0.39 is 24.0 Å². The highest BCUT2D eigenvalue weighted by Crippen LogP contribution is 2.22. The maximum Gasteiger partial charge on any atom is 0.320 e. The summed E-state index contributed by atoms with van der Waals surface area (Å²) >= 11 is 0. The van der Waals surface area contributed by atoms with Crippen molar-refractivity contribution in [2.45, 2.75) is 43.8 Å². The van der Waals surface area contributed by atoms with Crippen LogP contribution < -0.4 is 11.5 Å². The van der Waals surface area contributed by atoms with Crippen molar-refractivity contribution >= 4 is 11.9 Å². The van der Waals surface area contributed by atoms with Gasteiger partial charge in [0, 0.05) is 12.6 Å². The van der Waals surface area contributed by atoms with E-state index in [9.17, 15) is 9.59 Å². The van der Waals surface area contributed by atoms with Crippen molar-refractivity contribution in [3.63, 3.8) is 0 Å². The van der Waals surface area contributed by atoms with Crippen molar-refractivity contribution in [2.24, 2.45) is 11.5 Å². The molecular weight excluding hydrogens is 238 g/mol. The SMILES string of the molecule is NCC(CC[C@H](N)C(=O)O)N1CCC[C@H]1C(=O)O. The van der Waals surface area contributed by atoms with E-state index in [-0.39, 0.29) is 6.04 Å². The van der Waals surface area contributed by atoms with Gasteiger partial charge >= 0.3 is 11.9 Å². The second-order valence-corrected chi connectivity index (χ2v) is 4.65. The monoisotopic (exact) mass is 259 g/mol. The standard InChI is InChI=1S/C11H21N3O4/c12-6-7(3-4-8(13)10(15)16)14-5-1-2-9(14)11(17)18/h7-9H,1-6,12-13H2,(H,15,16)(H,17,18)/t7?,8-,9-/m0/s1. The summed E-state index contributed by atoms with van der Waals surface area (Å²) in [6, 6.07) is -1.52. The molecule has 1 heterocycles. The van der Waals surface area contributed by atoms with E-state index in [4.69, 9.17) is 21.7 Å². The first kappa shape index (κ1) is 14.9. The van der Waals surface area contributed by atoms with Gasteiger partial charge in [0.05, 0.1) is 0 Å². The molecule has 0 aromatic carbocycles. The summed E-state index contributed by atoms with van der Waals surface area (Å²) in [4.78, 5) is 23.6. The minimum Gasteiger partial charge on any atom is -0.480 e. The number of carboxylic acids is 2. The number of nitrogens with two attached hydrogens (primary N) is 2. The van der Waals surface area contributed by atoms with Crippen LogP contribution >= 0.6 is 0 Å². The first-order valence-electron chi connectivity index (χ1n) is 6.14. The largest absolute Gasteiger partial charge is 0.480 e. The highest BCUT2D eigenvalue weighted by atomic mass is 16.4. The Morgan fingerprint density at radius 3 is 2.50 bits per heavy atom. The molecule has 0 radical (unpaired) electrons. The van der Waals surface area contributed by atoms with E-state index in [1.807, 2.05) is 4.90 Å². The van der Waals surface area contributed by atoms with Gasteiger partial charge in [-0.1, -0.05) is 0 Å². The molecule has 104 valence electrons. The first-order valence-corrected chi connectivity index (χ1v) is 6.14. The number of hydrogen-bond acceptors (Lipinski definition) is 5. The Hall–Kier alpha value is -1.18. The molecule has 0 saturated carbocycles. The van der Waals surface area contributed by atoms with Gasteiger partial charge in [0.2, 0.25) is 0 Å². The molecule has 1 fully saturated rings. The van der Waals surface area contributed by atoms with Gasteiger partial charge in [-0.2, -0.15) is 0 Å². The Kier molecular flexibility index (Phi) is 5.52. The van der Waals surface area contributed by atoms with E-state index >= 15 is 0 Å². The van der Waals surface area contributed by atoms with Crippen LogP contribution in [0.4, 0.5) is 0 Å². The number of likely N-dealkylation sites (tertiary alicyclic amines) is 1. The van der Waals surface area contributed by atoms with E-state index in [0.717, 1.165) is 6.42 Å². The topological polar surface area (TPSA) is 130 Å². The molecule has 0 aromatic rings. The third-order valence-electron chi connectivity index (χ3n) is 3.45. The van der Waals surface area contributed by atoms with E-state index in [2.05, 4.69) is 0 Å². The average molecular weight is 259 g/mol. The fourth-order valence-electron chi connectivity index (χ4n) is 2.41. The maximum atomic E-state index is 11.1. The molecule has 1 aliphatic rings. The summed E-state index contributed by atoms with van der Waals surface area (Å²) < 4.78 is 0. The summed E-state index contributed by atoms with van der Waals surface area (Å²) in [5, 5.41) is 17.8. The molecule has 0 aliphatic carbocycles. The van der Waals surface area contributed by atoms with Crippen LogP contribution in [0.3, 0.4) is 0 Å². The molecule has 1 unspecified atom stereocenters. The van der Waals surface area contributed by atoms with Gasteiger partial charge in [-0.05, 0) is 32.2 Å². The molecule has 7 heteroatoms. The van der Waals surface area contributed by atoms with Crippen LogP contribution in [0, 0.1) is 0 Å². The lowest BCUT2D eigenvalue weighted by atomic mass is 10.0. The van der Waals surface area contributed by atoms with Crippen LogP contribution in [-0.2, 0) is 9.59 Å². The molecule has 1 aliphatic heterocycles. The predicted octanol–water partition coefficient (Wildman–Crippen LogP) is -0.945. The number of carbonyl (C=O) groups is 2.